The van der Waals surface area contributed by atoms with Crippen LogP contribution in [0.15, 0.2) is 12.3 Å². The molecule has 0 radical (unpaired) electrons. The minimum atomic E-state index is 0.0388. The predicted octanol–water partition coefficient (Wildman–Crippen LogP) is 2.36. The van der Waals surface area contributed by atoms with Crippen molar-refractivity contribution in [2.75, 3.05) is 18.5 Å². The van der Waals surface area contributed by atoms with E-state index in [0.717, 1.165) is 23.5 Å². The highest BCUT2D eigenvalue weighted by Gasteiger charge is 2.16. The number of hydrogen-bond donors (Lipinski definition) is 1. The van der Waals surface area contributed by atoms with E-state index in [1.807, 2.05) is 13.0 Å². The highest BCUT2D eigenvalue weighted by atomic mass is 16.3. The van der Waals surface area contributed by atoms with Crippen molar-refractivity contribution < 1.29 is 5.11 Å². The average molecular weight is 222 g/mol. The molecule has 0 spiro atoms. The van der Waals surface area contributed by atoms with E-state index < -0.39 is 0 Å². The van der Waals surface area contributed by atoms with E-state index in [9.17, 15) is 5.11 Å². The third-order valence-corrected chi connectivity index (χ3v) is 2.39. The van der Waals surface area contributed by atoms with Crippen LogP contribution in [-0.2, 0) is 6.61 Å². The summed E-state index contributed by atoms with van der Waals surface area (Å²) in [5.74, 6) is 0. The van der Waals surface area contributed by atoms with Gasteiger partial charge < -0.3 is 10.0 Å². The zero-order chi connectivity index (χ0) is 12.3. The molecule has 0 saturated carbocycles. The number of pyridine rings is 1. The number of aromatic nitrogens is 1. The number of hydrogen-bond acceptors (Lipinski definition) is 3. The summed E-state index contributed by atoms with van der Waals surface area (Å²) in [5.41, 5.74) is 3.17. The molecule has 1 aromatic rings. The second-order valence-electron chi connectivity index (χ2n) is 5.53. The highest BCUT2D eigenvalue weighted by molar-refractivity contribution is 5.52. The molecule has 1 rings (SSSR count). The highest BCUT2D eigenvalue weighted by Crippen LogP contribution is 2.24. The van der Waals surface area contributed by atoms with Gasteiger partial charge in [0.2, 0.25) is 0 Å². The van der Waals surface area contributed by atoms with Crippen molar-refractivity contribution in [3.8, 4) is 0 Å². The Morgan fingerprint density at radius 2 is 2.00 bits per heavy atom. The van der Waals surface area contributed by atoms with Crippen molar-refractivity contribution >= 4 is 5.69 Å². The van der Waals surface area contributed by atoms with E-state index in [1.165, 1.54) is 0 Å². The number of aliphatic hydroxyl groups is 1. The largest absolute Gasteiger partial charge is 0.392 e. The van der Waals surface area contributed by atoms with Gasteiger partial charge in [0.1, 0.15) is 0 Å². The molecule has 16 heavy (non-hydrogen) atoms. The SMILES string of the molecule is Cc1cc(N(C)CC(C)(C)C)c(CO)cn1. The van der Waals surface area contributed by atoms with Crippen molar-refractivity contribution in [3.05, 3.63) is 23.5 Å². The van der Waals surface area contributed by atoms with Gasteiger partial charge in [0, 0.05) is 36.7 Å². The first-order chi connectivity index (χ1) is 7.33. The van der Waals surface area contributed by atoms with Gasteiger partial charge in [-0.15, -0.1) is 0 Å². The smallest absolute Gasteiger partial charge is 0.0717 e. The number of rotatable bonds is 3. The summed E-state index contributed by atoms with van der Waals surface area (Å²) in [6.07, 6.45) is 1.75. The molecule has 0 bridgehead atoms. The Hall–Kier alpha value is -1.09. The van der Waals surface area contributed by atoms with Crippen LogP contribution in [0, 0.1) is 12.3 Å². The molecule has 0 atom stereocenters. The van der Waals surface area contributed by atoms with Crippen LogP contribution < -0.4 is 4.90 Å². The molecule has 1 aromatic heterocycles. The third-order valence-electron chi connectivity index (χ3n) is 2.39. The predicted molar refractivity (Wildman–Crippen MR) is 67.6 cm³/mol. The van der Waals surface area contributed by atoms with Gasteiger partial charge in [-0.2, -0.15) is 0 Å². The Labute approximate surface area is 98.1 Å². The molecule has 0 aliphatic heterocycles. The molecule has 0 amide bonds. The minimum absolute atomic E-state index is 0.0388. The lowest BCUT2D eigenvalue weighted by atomic mass is 9.96. The molecule has 1 heterocycles. The molecular formula is C13H22N2O. The van der Waals surface area contributed by atoms with E-state index in [1.54, 1.807) is 6.20 Å². The van der Waals surface area contributed by atoms with Gasteiger partial charge in [-0.05, 0) is 18.4 Å². The molecule has 3 heteroatoms. The summed E-state index contributed by atoms with van der Waals surface area (Å²) < 4.78 is 0. The van der Waals surface area contributed by atoms with Crippen molar-refractivity contribution in [2.45, 2.75) is 34.3 Å². The first kappa shape index (κ1) is 13.0. The topological polar surface area (TPSA) is 36.4 Å². The molecule has 0 saturated heterocycles. The normalized spacial score (nSPS) is 11.6. The fourth-order valence-electron chi connectivity index (χ4n) is 1.85. The molecule has 0 unspecified atom stereocenters. The molecule has 0 aliphatic carbocycles. The zero-order valence-electron chi connectivity index (χ0n) is 10.9. The molecule has 0 aromatic carbocycles. The maximum atomic E-state index is 9.29. The van der Waals surface area contributed by atoms with E-state index in [0.29, 0.717) is 0 Å². The maximum Gasteiger partial charge on any atom is 0.0717 e. The summed E-state index contributed by atoms with van der Waals surface area (Å²) in [6, 6.07) is 2.03. The van der Waals surface area contributed by atoms with Crippen molar-refractivity contribution in [3.63, 3.8) is 0 Å². The van der Waals surface area contributed by atoms with Gasteiger partial charge in [0.15, 0.2) is 0 Å². The van der Waals surface area contributed by atoms with Crippen LogP contribution in [0.25, 0.3) is 0 Å². The summed E-state index contributed by atoms with van der Waals surface area (Å²) in [4.78, 5) is 6.38. The Morgan fingerprint density at radius 3 is 2.50 bits per heavy atom. The van der Waals surface area contributed by atoms with E-state index in [4.69, 9.17) is 0 Å². The number of nitrogens with zero attached hydrogens (tertiary/aromatic N) is 2. The Bertz CT molecular complexity index is 355. The van der Waals surface area contributed by atoms with Gasteiger partial charge >= 0.3 is 0 Å². The summed E-state index contributed by atoms with van der Waals surface area (Å²) in [5, 5.41) is 9.29. The van der Waals surface area contributed by atoms with Crippen molar-refractivity contribution in [1.82, 2.24) is 4.98 Å². The maximum absolute atomic E-state index is 9.29. The van der Waals surface area contributed by atoms with Crippen LogP contribution >= 0.6 is 0 Å². The number of aliphatic hydroxyl groups excluding tert-OH is 1. The fourth-order valence-corrected chi connectivity index (χ4v) is 1.85. The third kappa shape index (κ3) is 3.49. The standard InChI is InChI=1S/C13H22N2O/c1-10-6-12(11(8-16)7-14-10)15(5)9-13(2,3)4/h6-7,16H,8-9H2,1-5H3. The van der Waals surface area contributed by atoms with Gasteiger partial charge in [0.25, 0.3) is 0 Å². The Kier molecular flexibility index (Phi) is 3.92. The second-order valence-corrected chi connectivity index (χ2v) is 5.53. The quantitative estimate of drug-likeness (QED) is 0.853. The Balaban J connectivity index is 2.97. The molecule has 0 fully saturated rings. The van der Waals surface area contributed by atoms with Crippen molar-refractivity contribution in [2.24, 2.45) is 5.41 Å². The van der Waals surface area contributed by atoms with Crippen LogP contribution in [0.1, 0.15) is 32.0 Å². The van der Waals surface area contributed by atoms with Gasteiger partial charge in [-0.1, -0.05) is 20.8 Å². The van der Waals surface area contributed by atoms with Crippen molar-refractivity contribution in [1.29, 1.82) is 0 Å². The zero-order valence-corrected chi connectivity index (χ0v) is 10.9. The second kappa shape index (κ2) is 4.83. The molecule has 0 aliphatic rings. The van der Waals surface area contributed by atoms with Gasteiger partial charge in [-0.25, -0.2) is 0 Å². The lowest BCUT2D eigenvalue weighted by Gasteiger charge is -2.29. The monoisotopic (exact) mass is 222 g/mol. The van der Waals surface area contributed by atoms with Crippen LogP contribution in [-0.4, -0.2) is 23.7 Å². The van der Waals surface area contributed by atoms with Crippen LogP contribution in [0.2, 0.25) is 0 Å². The molecule has 90 valence electrons. The first-order valence-electron chi connectivity index (χ1n) is 5.61. The minimum Gasteiger partial charge on any atom is -0.392 e. The number of anilines is 1. The summed E-state index contributed by atoms with van der Waals surface area (Å²) in [6.45, 7) is 9.57. The lowest BCUT2D eigenvalue weighted by Crippen LogP contribution is -2.30. The molecule has 3 nitrogen and oxygen atoms in total. The molecule has 1 N–H and O–H groups in total. The van der Waals surface area contributed by atoms with E-state index in [2.05, 4.69) is 37.7 Å². The average Bonchev–Trinajstić information content (AvgIpc) is 2.15. The Morgan fingerprint density at radius 1 is 1.38 bits per heavy atom. The van der Waals surface area contributed by atoms with Gasteiger partial charge in [0.05, 0.1) is 6.61 Å². The summed E-state index contributed by atoms with van der Waals surface area (Å²) >= 11 is 0. The number of aryl methyl sites for hydroxylation is 1. The fraction of sp³-hybridized carbons (Fsp3) is 0.615. The van der Waals surface area contributed by atoms with Crippen LogP contribution in [0.5, 0.6) is 0 Å². The van der Waals surface area contributed by atoms with Crippen LogP contribution in [0.3, 0.4) is 0 Å². The van der Waals surface area contributed by atoms with E-state index >= 15 is 0 Å². The van der Waals surface area contributed by atoms with Gasteiger partial charge in [-0.3, -0.25) is 4.98 Å². The van der Waals surface area contributed by atoms with Crippen LogP contribution in [0.4, 0.5) is 5.69 Å². The first-order valence-corrected chi connectivity index (χ1v) is 5.61. The summed E-state index contributed by atoms with van der Waals surface area (Å²) in [7, 11) is 2.05. The molecular weight excluding hydrogens is 200 g/mol. The van der Waals surface area contributed by atoms with E-state index in [-0.39, 0.29) is 12.0 Å². The lowest BCUT2D eigenvalue weighted by molar-refractivity contribution is 0.281.